The number of benzene rings is 1. The quantitative estimate of drug-likeness (QED) is 0.453. The fourth-order valence-electron chi connectivity index (χ4n) is 1.71. The third-order valence-electron chi connectivity index (χ3n) is 2.40. The van der Waals surface area contributed by atoms with Gasteiger partial charge in [0.25, 0.3) is 0 Å². The van der Waals surface area contributed by atoms with Gasteiger partial charge in [0.2, 0.25) is 0 Å². The smallest absolute Gasteiger partial charge is 1.00 e. The van der Waals surface area contributed by atoms with Crippen LogP contribution in [-0.2, 0) is 26.9 Å². The molecule has 0 aliphatic heterocycles. The summed E-state index contributed by atoms with van der Waals surface area (Å²) in [6.45, 7) is 2.21. The molecule has 1 atom stereocenters. The van der Waals surface area contributed by atoms with Gasteiger partial charge in [-0.3, -0.25) is 0 Å². The van der Waals surface area contributed by atoms with Crippen LogP contribution in [0.3, 0.4) is 0 Å². The van der Waals surface area contributed by atoms with E-state index in [0.29, 0.717) is 4.22 Å². The molecule has 1 aromatic rings. The third kappa shape index (κ3) is 3.51. The van der Waals surface area contributed by atoms with Gasteiger partial charge in [-0.25, -0.2) is 0 Å². The van der Waals surface area contributed by atoms with E-state index in [1.165, 1.54) is 16.7 Å². The summed E-state index contributed by atoms with van der Waals surface area (Å²) in [5.74, 6) is 0. The molecule has 0 amide bonds. The Kier molecular flexibility index (Phi) is 9.27. The topological polar surface area (TPSA) is 0 Å². The molecule has 0 aromatic heterocycles. The van der Waals surface area contributed by atoms with Gasteiger partial charge >= 0.3 is 85.0 Å². The molecule has 0 fully saturated rings. The molecule has 80 valence electrons. The van der Waals surface area contributed by atoms with Crippen LogP contribution in [-0.4, -0.2) is 0 Å². The van der Waals surface area contributed by atoms with Gasteiger partial charge in [-0.2, -0.15) is 0 Å². The van der Waals surface area contributed by atoms with Gasteiger partial charge in [0.15, 0.2) is 0 Å². The second-order valence-corrected chi connectivity index (χ2v) is 4.08. The number of aryl methyl sites for hydroxylation is 1. The summed E-state index contributed by atoms with van der Waals surface area (Å²) in [4.78, 5) is 0. The van der Waals surface area contributed by atoms with Crippen molar-refractivity contribution < 1.29 is 57.7 Å². The van der Waals surface area contributed by atoms with E-state index in [1.54, 1.807) is 0 Å². The molecule has 0 radical (unpaired) electrons. The first-order valence-corrected chi connectivity index (χ1v) is 5.24. The Morgan fingerprint density at radius 1 is 1.20 bits per heavy atom. The predicted octanol–water partition coefficient (Wildman–Crippen LogP) is -6.12. The van der Waals surface area contributed by atoms with Crippen molar-refractivity contribution in [3.05, 3.63) is 41.0 Å². The van der Waals surface area contributed by atoms with Crippen LogP contribution < -0.4 is 37.2 Å². The second kappa shape index (κ2) is 7.76. The Morgan fingerprint density at radius 2 is 1.87 bits per heavy atom. The van der Waals surface area contributed by atoms with Gasteiger partial charge in [0, 0.05) is 0 Å². The molecule has 1 unspecified atom stereocenters. The van der Waals surface area contributed by atoms with Crippen LogP contribution in [0.1, 0.15) is 27.8 Å². The molecule has 1 aliphatic carbocycles. The number of allylic oxidation sites excluding steroid dienone is 1. The maximum absolute atomic E-state index is 2.28. The Hall–Kier alpha value is 0.544. The zero-order chi connectivity index (χ0) is 8.55. The molecule has 0 heterocycles. The van der Waals surface area contributed by atoms with Crippen LogP contribution in [0.5, 0.6) is 0 Å². The van der Waals surface area contributed by atoms with E-state index in [-0.39, 0.29) is 37.2 Å². The van der Waals surface area contributed by atoms with Crippen molar-refractivity contribution in [2.45, 2.75) is 17.6 Å². The van der Waals surface area contributed by atoms with Crippen molar-refractivity contribution in [3.8, 4) is 0 Å². The largest absolute Gasteiger partial charge is 1.00 e. The number of halogens is 3. The third-order valence-corrected chi connectivity index (χ3v) is 3.19. The average Bonchev–Trinajstić information content (AvgIpc) is 2.48. The first-order valence-electron chi connectivity index (χ1n) is 4.34. The van der Waals surface area contributed by atoms with Crippen LogP contribution >= 0.6 is 0 Å². The second-order valence-electron chi connectivity index (χ2n) is 3.11. The summed E-state index contributed by atoms with van der Waals surface area (Å²) in [5.41, 5.74) is 4.44. The monoisotopic (exact) mass is 296 g/mol. The van der Waals surface area contributed by atoms with Crippen molar-refractivity contribution in [3.63, 3.8) is 0 Å². The molecule has 0 bridgehead atoms. The first-order chi connectivity index (χ1) is 5.83. The van der Waals surface area contributed by atoms with Crippen LogP contribution in [0.15, 0.2) is 24.3 Å². The summed E-state index contributed by atoms with van der Waals surface area (Å²) in [5, 5.41) is 0. The number of hydrogen-bond donors (Lipinski definition) is 0. The molecular formula is C11H11Cl3Ti. The molecule has 0 nitrogen and oxygen atoms in total. The van der Waals surface area contributed by atoms with E-state index in [1.807, 2.05) is 0 Å². The summed E-state index contributed by atoms with van der Waals surface area (Å²) >= 11 is 2.25. The van der Waals surface area contributed by atoms with Gasteiger partial charge in [0.1, 0.15) is 0 Å². The standard InChI is InChI=1S/C11H11.3ClH.Ti/c1-2-9-5-3-6-10-7-4-8-11(9)10;;;;/h3-8H,2H2,1H3;3*1H;/q;;;;+3/p-3. The molecule has 0 spiro atoms. The molecule has 2 rings (SSSR count). The van der Waals surface area contributed by atoms with Crippen molar-refractivity contribution >= 4 is 6.08 Å². The van der Waals surface area contributed by atoms with E-state index in [2.05, 4.69) is 57.7 Å². The predicted molar refractivity (Wildman–Crippen MR) is 47.6 cm³/mol. The zero-order valence-corrected chi connectivity index (χ0v) is 12.1. The van der Waals surface area contributed by atoms with Crippen LogP contribution in [0, 0.1) is 0 Å². The van der Waals surface area contributed by atoms with Crippen LogP contribution in [0.25, 0.3) is 6.08 Å². The minimum Gasteiger partial charge on any atom is -1.00 e. The normalized spacial score (nSPS) is 15.8. The maximum atomic E-state index is 2.28. The summed E-state index contributed by atoms with van der Waals surface area (Å²) in [6, 6.07) is 6.63. The Bertz CT molecular complexity index is 337. The SMILES string of the molecule is CCc1cccc2c1C=C[CH]2[Ti+3].[Cl-].[Cl-].[Cl-]. The van der Waals surface area contributed by atoms with Crippen molar-refractivity contribution in [1.82, 2.24) is 0 Å². The van der Waals surface area contributed by atoms with Crippen molar-refractivity contribution in [2.24, 2.45) is 0 Å². The molecule has 1 aliphatic rings. The van der Waals surface area contributed by atoms with E-state index in [0.717, 1.165) is 6.42 Å². The Balaban J connectivity index is 0. The molecule has 1 aromatic carbocycles. The first kappa shape index (κ1) is 17.9. The fraction of sp³-hybridized carbons (Fsp3) is 0.273. The van der Waals surface area contributed by atoms with Crippen LogP contribution in [0.2, 0.25) is 0 Å². The van der Waals surface area contributed by atoms with Gasteiger partial charge in [-0.05, 0) is 0 Å². The molecule has 4 heteroatoms. The molecular weight excluding hydrogens is 286 g/mol. The van der Waals surface area contributed by atoms with E-state index in [4.69, 9.17) is 0 Å². The Morgan fingerprint density at radius 3 is 2.47 bits per heavy atom. The van der Waals surface area contributed by atoms with E-state index in [9.17, 15) is 0 Å². The molecule has 0 N–H and O–H groups in total. The molecule has 0 saturated heterocycles. The summed E-state index contributed by atoms with van der Waals surface area (Å²) in [6.07, 6.45) is 5.68. The summed E-state index contributed by atoms with van der Waals surface area (Å²) < 4.78 is 0.617. The van der Waals surface area contributed by atoms with E-state index >= 15 is 0 Å². The van der Waals surface area contributed by atoms with Gasteiger partial charge in [-0.15, -0.1) is 0 Å². The van der Waals surface area contributed by atoms with Crippen molar-refractivity contribution in [1.29, 1.82) is 0 Å². The van der Waals surface area contributed by atoms with Gasteiger partial charge < -0.3 is 37.2 Å². The van der Waals surface area contributed by atoms with Crippen molar-refractivity contribution in [2.75, 3.05) is 0 Å². The minimum absolute atomic E-state index is 0. The van der Waals surface area contributed by atoms with Gasteiger partial charge in [-0.1, -0.05) is 0 Å². The average molecular weight is 297 g/mol. The molecule has 15 heavy (non-hydrogen) atoms. The van der Waals surface area contributed by atoms with Gasteiger partial charge in [0.05, 0.1) is 0 Å². The minimum atomic E-state index is 0. The summed E-state index contributed by atoms with van der Waals surface area (Å²) in [7, 11) is 0. The Labute approximate surface area is 122 Å². The maximum Gasteiger partial charge on any atom is -1.00 e. The zero-order valence-electron chi connectivity index (χ0n) is 8.31. The number of fused-ring (bicyclic) bond motifs is 1. The van der Waals surface area contributed by atoms with E-state index < -0.39 is 0 Å². The number of hydrogen-bond acceptors (Lipinski definition) is 0. The number of rotatable bonds is 1. The van der Waals surface area contributed by atoms with Crippen LogP contribution in [0.4, 0.5) is 0 Å². The molecule has 0 saturated carbocycles. The fourth-order valence-corrected chi connectivity index (χ4v) is 2.26.